The van der Waals surface area contributed by atoms with Gasteiger partial charge in [0.25, 0.3) is 0 Å². The zero-order chi connectivity index (χ0) is 19.3. The Balaban J connectivity index is 1.31. The SMILES string of the molecule is COc1ccc(CCN2CCC(c3ccsc3C(O)c3cccs3)CC2)cc1. The molecule has 2 aromatic heterocycles. The number of piperidine rings is 1. The van der Waals surface area contributed by atoms with Gasteiger partial charge in [-0.1, -0.05) is 18.2 Å². The molecule has 4 rings (SSSR count). The Hall–Kier alpha value is -1.66. The molecule has 3 heterocycles. The lowest BCUT2D eigenvalue weighted by molar-refractivity contribution is 0.207. The van der Waals surface area contributed by atoms with Crippen LogP contribution >= 0.6 is 22.7 Å². The van der Waals surface area contributed by atoms with Gasteiger partial charge < -0.3 is 14.7 Å². The first-order valence-corrected chi connectivity index (χ1v) is 11.6. The van der Waals surface area contributed by atoms with Gasteiger partial charge >= 0.3 is 0 Å². The minimum atomic E-state index is -0.469. The van der Waals surface area contributed by atoms with Crippen LogP contribution in [0.25, 0.3) is 0 Å². The zero-order valence-corrected chi connectivity index (χ0v) is 17.8. The van der Waals surface area contributed by atoms with Crippen LogP contribution in [0, 0.1) is 0 Å². The fraction of sp³-hybridized carbons (Fsp3) is 0.391. The van der Waals surface area contributed by atoms with Gasteiger partial charge in [-0.3, -0.25) is 0 Å². The molecule has 1 fully saturated rings. The molecule has 1 aliphatic heterocycles. The topological polar surface area (TPSA) is 32.7 Å². The molecule has 3 nitrogen and oxygen atoms in total. The van der Waals surface area contributed by atoms with Crippen molar-refractivity contribution in [2.24, 2.45) is 0 Å². The van der Waals surface area contributed by atoms with Crippen LogP contribution in [-0.2, 0) is 6.42 Å². The monoisotopic (exact) mass is 413 g/mol. The summed E-state index contributed by atoms with van der Waals surface area (Å²) in [6, 6.07) is 14.7. The number of likely N-dealkylation sites (tertiary alicyclic amines) is 1. The fourth-order valence-electron chi connectivity index (χ4n) is 4.01. The summed E-state index contributed by atoms with van der Waals surface area (Å²) in [5, 5.41) is 15.0. The predicted molar refractivity (Wildman–Crippen MR) is 118 cm³/mol. The van der Waals surface area contributed by atoms with E-state index in [2.05, 4.69) is 28.5 Å². The second kappa shape index (κ2) is 9.23. The molecule has 148 valence electrons. The Bertz CT molecular complexity index is 849. The van der Waals surface area contributed by atoms with Gasteiger partial charge in [0.1, 0.15) is 11.9 Å². The molecule has 3 aromatic rings. The van der Waals surface area contributed by atoms with Gasteiger partial charge in [-0.25, -0.2) is 0 Å². The zero-order valence-electron chi connectivity index (χ0n) is 16.2. The number of hydrogen-bond acceptors (Lipinski definition) is 5. The first-order valence-electron chi connectivity index (χ1n) is 9.88. The molecule has 1 aromatic carbocycles. The maximum absolute atomic E-state index is 10.8. The number of rotatable bonds is 7. The summed E-state index contributed by atoms with van der Waals surface area (Å²) in [5.41, 5.74) is 2.72. The molecule has 1 atom stereocenters. The average molecular weight is 414 g/mol. The van der Waals surface area contributed by atoms with Crippen molar-refractivity contribution in [1.29, 1.82) is 0 Å². The van der Waals surface area contributed by atoms with Crippen molar-refractivity contribution in [3.8, 4) is 5.75 Å². The minimum absolute atomic E-state index is 0.469. The molecule has 0 aliphatic carbocycles. The number of hydrogen-bond donors (Lipinski definition) is 1. The second-order valence-electron chi connectivity index (χ2n) is 7.37. The van der Waals surface area contributed by atoms with E-state index >= 15 is 0 Å². The number of aliphatic hydroxyl groups excluding tert-OH is 1. The van der Waals surface area contributed by atoms with Gasteiger partial charge in [0.05, 0.1) is 7.11 Å². The summed E-state index contributed by atoms with van der Waals surface area (Å²) < 4.78 is 5.23. The molecule has 28 heavy (non-hydrogen) atoms. The Kier molecular flexibility index (Phi) is 6.47. The number of benzene rings is 1. The van der Waals surface area contributed by atoms with E-state index < -0.39 is 6.10 Å². The average Bonchev–Trinajstić information content (AvgIpc) is 3.45. The predicted octanol–water partition coefficient (Wildman–Crippen LogP) is 5.32. The van der Waals surface area contributed by atoms with E-state index in [1.807, 2.05) is 29.6 Å². The Morgan fingerprint density at radius 3 is 2.54 bits per heavy atom. The molecule has 0 saturated carbocycles. The van der Waals surface area contributed by atoms with E-state index in [-0.39, 0.29) is 0 Å². The normalized spacial score (nSPS) is 16.9. The molecular formula is C23H27NO2S2. The molecular weight excluding hydrogens is 386 g/mol. The number of nitrogens with zero attached hydrogens (tertiary/aromatic N) is 1. The standard InChI is InChI=1S/C23H27NO2S2/c1-26-19-6-4-17(5-7-19)8-12-24-13-9-18(10-14-24)20-11-16-28-23(20)22(25)21-3-2-15-27-21/h2-7,11,15-16,18,22,25H,8-10,12-14H2,1H3. The van der Waals surface area contributed by atoms with Gasteiger partial charge in [0, 0.05) is 16.3 Å². The first kappa shape index (κ1) is 19.6. The van der Waals surface area contributed by atoms with E-state index in [4.69, 9.17) is 4.74 Å². The Morgan fingerprint density at radius 1 is 1.07 bits per heavy atom. The number of methoxy groups -OCH3 is 1. The van der Waals surface area contributed by atoms with E-state index in [0.717, 1.165) is 41.6 Å². The maximum Gasteiger partial charge on any atom is 0.123 e. The largest absolute Gasteiger partial charge is 0.497 e. The van der Waals surface area contributed by atoms with Crippen LogP contribution in [0.15, 0.2) is 53.2 Å². The lowest BCUT2D eigenvalue weighted by atomic mass is 9.88. The smallest absolute Gasteiger partial charge is 0.123 e. The van der Waals surface area contributed by atoms with Crippen molar-refractivity contribution < 1.29 is 9.84 Å². The van der Waals surface area contributed by atoms with Crippen LogP contribution in [-0.4, -0.2) is 36.8 Å². The molecule has 1 unspecified atom stereocenters. The summed E-state index contributed by atoms with van der Waals surface area (Å²) in [6.45, 7) is 3.36. The van der Waals surface area contributed by atoms with E-state index in [1.54, 1.807) is 29.8 Å². The van der Waals surface area contributed by atoms with E-state index in [9.17, 15) is 5.11 Å². The molecule has 0 bridgehead atoms. The Morgan fingerprint density at radius 2 is 1.86 bits per heavy atom. The quantitative estimate of drug-likeness (QED) is 0.569. The highest BCUT2D eigenvalue weighted by Crippen LogP contribution is 2.39. The van der Waals surface area contributed by atoms with Crippen molar-refractivity contribution in [3.63, 3.8) is 0 Å². The third kappa shape index (κ3) is 4.49. The lowest BCUT2D eigenvalue weighted by Gasteiger charge is -2.32. The molecule has 1 saturated heterocycles. The second-order valence-corrected chi connectivity index (χ2v) is 9.30. The first-order chi connectivity index (χ1) is 13.7. The van der Waals surface area contributed by atoms with Crippen LogP contribution in [0.4, 0.5) is 0 Å². The highest BCUT2D eigenvalue weighted by atomic mass is 32.1. The van der Waals surface area contributed by atoms with E-state index in [1.165, 1.54) is 24.0 Å². The highest BCUT2D eigenvalue weighted by molar-refractivity contribution is 7.11. The summed E-state index contributed by atoms with van der Waals surface area (Å²) in [4.78, 5) is 4.75. The van der Waals surface area contributed by atoms with Crippen molar-refractivity contribution in [2.75, 3.05) is 26.7 Å². The molecule has 0 spiro atoms. The van der Waals surface area contributed by atoms with Gasteiger partial charge in [0.2, 0.25) is 0 Å². The number of thiophene rings is 2. The third-order valence-corrected chi connectivity index (χ3v) is 7.60. The van der Waals surface area contributed by atoms with Gasteiger partial charge in [-0.15, -0.1) is 22.7 Å². The van der Waals surface area contributed by atoms with Gasteiger partial charge in [-0.2, -0.15) is 0 Å². The van der Waals surface area contributed by atoms with Crippen LogP contribution in [0.2, 0.25) is 0 Å². The summed E-state index contributed by atoms with van der Waals surface area (Å²) in [5.74, 6) is 1.48. The molecule has 0 radical (unpaired) electrons. The highest BCUT2D eigenvalue weighted by Gasteiger charge is 2.26. The van der Waals surface area contributed by atoms with Crippen molar-refractivity contribution in [2.45, 2.75) is 31.3 Å². The summed E-state index contributed by atoms with van der Waals surface area (Å²) in [6.07, 6.45) is 2.95. The van der Waals surface area contributed by atoms with Crippen molar-refractivity contribution in [3.05, 3.63) is 74.1 Å². The van der Waals surface area contributed by atoms with Gasteiger partial charge in [-0.05, 0) is 84.4 Å². The lowest BCUT2D eigenvalue weighted by Crippen LogP contribution is -2.34. The third-order valence-electron chi connectivity index (χ3n) is 5.69. The van der Waals surface area contributed by atoms with Crippen molar-refractivity contribution >= 4 is 22.7 Å². The molecule has 0 amide bonds. The molecule has 5 heteroatoms. The van der Waals surface area contributed by atoms with Crippen molar-refractivity contribution in [1.82, 2.24) is 4.90 Å². The van der Waals surface area contributed by atoms with Crippen LogP contribution in [0.5, 0.6) is 5.75 Å². The minimum Gasteiger partial charge on any atom is -0.497 e. The molecule has 1 N–H and O–H groups in total. The van der Waals surface area contributed by atoms with Crippen LogP contribution in [0.3, 0.4) is 0 Å². The number of aliphatic hydroxyl groups is 1. The molecule has 1 aliphatic rings. The van der Waals surface area contributed by atoms with E-state index in [0.29, 0.717) is 5.92 Å². The summed E-state index contributed by atoms with van der Waals surface area (Å²) in [7, 11) is 1.71. The fourth-order valence-corrected chi connectivity index (χ4v) is 5.79. The summed E-state index contributed by atoms with van der Waals surface area (Å²) >= 11 is 3.33. The van der Waals surface area contributed by atoms with Gasteiger partial charge in [0.15, 0.2) is 0 Å². The van der Waals surface area contributed by atoms with Crippen LogP contribution in [0.1, 0.15) is 45.7 Å². The van der Waals surface area contributed by atoms with Crippen LogP contribution < -0.4 is 4.74 Å². The number of ether oxygens (including phenoxy) is 1. The maximum atomic E-state index is 10.8. The Labute approximate surface area is 175 Å².